The van der Waals surface area contributed by atoms with Gasteiger partial charge in [0.15, 0.2) is 11.5 Å². The molecule has 1 atom stereocenters. The number of nitrogens with one attached hydrogen (secondary N) is 1. The van der Waals surface area contributed by atoms with Gasteiger partial charge in [-0.25, -0.2) is 0 Å². The predicted molar refractivity (Wildman–Crippen MR) is 87.4 cm³/mol. The molecule has 0 saturated carbocycles. The summed E-state index contributed by atoms with van der Waals surface area (Å²) in [6.45, 7) is 1.83. The number of aliphatic hydroxyl groups excluding tert-OH is 1. The second-order valence-corrected chi connectivity index (χ2v) is 6.55. The van der Waals surface area contributed by atoms with Crippen LogP contribution in [-0.2, 0) is 0 Å². The monoisotopic (exact) mass is 311 g/mol. The second-order valence-electron chi connectivity index (χ2n) is 5.33. The number of aliphatic hydroxyl groups is 1. The van der Waals surface area contributed by atoms with Crippen LogP contribution in [0.15, 0.2) is 24.3 Å². The average Bonchev–Trinajstić information content (AvgIpc) is 2.54. The van der Waals surface area contributed by atoms with E-state index in [1.807, 2.05) is 36.0 Å². The van der Waals surface area contributed by atoms with E-state index in [1.54, 1.807) is 7.11 Å². The molecule has 1 aliphatic rings. The van der Waals surface area contributed by atoms with Crippen LogP contribution >= 0.6 is 11.8 Å². The van der Waals surface area contributed by atoms with Crippen molar-refractivity contribution in [3.05, 3.63) is 24.3 Å². The van der Waals surface area contributed by atoms with Crippen molar-refractivity contribution in [2.45, 2.75) is 18.9 Å². The summed E-state index contributed by atoms with van der Waals surface area (Å²) < 4.78 is 10.8. The van der Waals surface area contributed by atoms with Crippen molar-refractivity contribution < 1.29 is 14.6 Å². The van der Waals surface area contributed by atoms with E-state index in [-0.39, 0.29) is 6.61 Å². The maximum Gasteiger partial charge on any atom is 0.161 e. The zero-order valence-corrected chi connectivity index (χ0v) is 13.4. The number of methoxy groups -OCH3 is 1. The van der Waals surface area contributed by atoms with E-state index in [2.05, 4.69) is 5.32 Å². The van der Waals surface area contributed by atoms with Gasteiger partial charge in [-0.2, -0.15) is 11.8 Å². The lowest BCUT2D eigenvalue weighted by Gasteiger charge is -2.22. The van der Waals surface area contributed by atoms with Crippen LogP contribution in [-0.4, -0.2) is 49.5 Å². The molecule has 5 heteroatoms. The highest BCUT2D eigenvalue weighted by atomic mass is 32.2. The van der Waals surface area contributed by atoms with Gasteiger partial charge < -0.3 is 19.9 Å². The molecule has 1 fully saturated rings. The van der Waals surface area contributed by atoms with Crippen LogP contribution in [0.4, 0.5) is 0 Å². The smallest absolute Gasteiger partial charge is 0.161 e. The van der Waals surface area contributed by atoms with E-state index in [9.17, 15) is 5.11 Å². The first-order valence-electron chi connectivity index (χ1n) is 7.52. The van der Waals surface area contributed by atoms with Gasteiger partial charge in [-0.1, -0.05) is 12.1 Å². The molecule has 0 radical (unpaired) electrons. The predicted octanol–water partition coefficient (Wildman–Crippen LogP) is 2.17. The lowest BCUT2D eigenvalue weighted by atomic mass is 10.0. The molecule has 0 bridgehead atoms. The first-order valence-corrected chi connectivity index (χ1v) is 8.67. The normalized spacial score (nSPS) is 17.4. The number of hydrogen-bond acceptors (Lipinski definition) is 5. The van der Waals surface area contributed by atoms with E-state index < -0.39 is 6.10 Å². The lowest BCUT2D eigenvalue weighted by molar-refractivity contribution is 0.103. The molecule has 0 aromatic heterocycles. The largest absolute Gasteiger partial charge is 0.493 e. The molecule has 1 heterocycles. The highest BCUT2D eigenvalue weighted by Crippen LogP contribution is 2.25. The molecule has 1 aromatic rings. The van der Waals surface area contributed by atoms with Crippen molar-refractivity contribution >= 4 is 11.8 Å². The maximum atomic E-state index is 9.97. The Balaban J connectivity index is 1.63. The van der Waals surface area contributed by atoms with E-state index in [0.717, 1.165) is 12.5 Å². The zero-order chi connectivity index (χ0) is 14.9. The molecule has 118 valence electrons. The fourth-order valence-corrected chi connectivity index (χ4v) is 3.59. The standard InChI is InChI=1S/C16H25NO3S/c1-19-15-4-2-3-5-16(15)20-12-14(18)11-17-10-13-6-8-21-9-7-13/h2-5,13-14,17-18H,6-12H2,1H3. The Hall–Kier alpha value is -0.910. The topological polar surface area (TPSA) is 50.7 Å². The number of hydrogen-bond donors (Lipinski definition) is 2. The second kappa shape index (κ2) is 9.18. The maximum absolute atomic E-state index is 9.97. The summed E-state index contributed by atoms with van der Waals surface area (Å²) >= 11 is 2.04. The molecular formula is C16H25NO3S. The molecule has 0 spiro atoms. The van der Waals surface area contributed by atoms with Crippen LogP contribution in [0.1, 0.15) is 12.8 Å². The van der Waals surface area contributed by atoms with Gasteiger partial charge in [0.05, 0.1) is 7.11 Å². The molecular weight excluding hydrogens is 286 g/mol. The van der Waals surface area contributed by atoms with Crippen LogP contribution in [0, 0.1) is 5.92 Å². The van der Waals surface area contributed by atoms with Crippen molar-refractivity contribution in [3.8, 4) is 11.5 Å². The van der Waals surface area contributed by atoms with E-state index in [0.29, 0.717) is 18.0 Å². The minimum Gasteiger partial charge on any atom is -0.493 e. The summed E-state index contributed by atoms with van der Waals surface area (Å²) in [6.07, 6.45) is 2.06. The Morgan fingerprint density at radius 3 is 2.71 bits per heavy atom. The highest BCUT2D eigenvalue weighted by Gasteiger charge is 2.14. The van der Waals surface area contributed by atoms with Crippen molar-refractivity contribution in [3.63, 3.8) is 0 Å². The molecule has 0 aliphatic carbocycles. The quantitative estimate of drug-likeness (QED) is 0.770. The molecule has 0 amide bonds. The number of thioether (sulfide) groups is 1. The zero-order valence-electron chi connectivity index (χ0n) is 12.6. The van der Waals surface area contributed by atoms with Crippen molar-refractivity contribution in [2.75, 3.05) is 38.3 Å². The first-order chi connectivity index (χ1) is 10.3. The van der Waals surface area contributed by atoms with Gasteiger partial charge in [-0.3, -0.25) is 0 Å². The summed E-state index contributed by atoms with van der Waals surface area (Å²) in [5.41, 5.74) is 0. The van der Waals surface area contributed by atoms with E-state index >= 15 is 0 Å². The SMILES string of the molecule is COc1ccccc1OCC(O)CNCC1CCSCC1. The van der Waals surface area contributed by atoms with Gasteiger partial charge in [0.1, 0.15) is 12.7 Å². The molecule has 2 N–H and O–H groups in total. The van der Waals surface area contributed by atoms with E-state index in [1.165, 1.54) is 24.3 Å². The highest BCUT2D eigenvalue weighted by molar-refractivity contribution is 7.99. The Bertz CT molecular complexity index is 410. The Kier molecular flexibility index (Phi) is 7.19. The van der Waals surface area contributed by atoms with E-state index in [4.69, 9.17) is 9.47 Å². The number of para-hydroxylation sites is 2. The van der Waals surface area contributed by atoms with Crippen molar-refractivity contribution in [1.29, 1.82) is 0 Å². The Labute approximate surface area is 131 Å². The molecule has 1 aliphatic heterocycles. The summed E-state index contributed by atoms with van der Waals surface area (Å²) in [6, 6.07) is 7.48. The summed E-state index contributed by atoms with van der Waals surface area (Å²) in [7, 11) is 1.61. The number of ether oxygens (including phenoxy) is 2. The summed E-state index contributed by atoms with van der Waals surface area (Å²) in [5, 5.41) is 13.3. The van der Waals surface area contributed by atoms with Gasteiger partial charge in [0.25, 0.3) is 0 Å². The molecule has 21 heavy (non-hydrogen) atoms. The first kappa shape index (κ1) is 16.5. The summed E-state index contributed by atoms with van der Waals surface area (Å²) in [5.74, 6) is 4.66. The molecule has 1 saturated heterocycles. The Morgan fingerprint density at radius 1 is 1.29 bits per heavy atom. The van der Waals surface area contributed by atoms with Crippen LogP contribution in [0.5, 0.6) is 11.5 Å². The molecule has 1 aromatic carbocycles. The minimum atomic E-state index is -0.507. The lowest BCUT2D eigenvalue weighted by Crippen LogP contribution is -2.35. The number of benzene rings is 1. The van der Waals surface area contributed by atoms with Gasteiger partial charge in [0.2, 0.25) is 0 Å². The third-order valence-electron chi connectivity index (χ3n) is 3.65. The molecule has 4 nitrogen and oxygen atoms in total. The van der Waals surface area contributed by atoms with Crippen molar-refractivity contribution in [1.82, 2.24) is 5.32 Å². The fraction of sp³-hybridized carbons (Fsp3) is 0.625. The van der Waals surface area contributed by atoms with Gasteiger partial charge >= 0.3 is 0 Å². The number of rotatable bonds is 8. The van der Waals surface area contributed by atoms with Crippen molar-refractivity contribution in [2.24, 2.45) is 5.92 Å². The molecule has 2 rings (SSSR count). The minimum absolute atomic E-state index is 0.272. The Morgan fingerprint density at radius 2 is 2.00 bits per heavy atom. The fourth-order valence-electron chi connectivity index (χ4n) is 2.39. The third kappa shape index (κ3) is 5.77. The van der Waals surface area contributed by atoms with Gasteiger partial charge in [-0.05, 0) is 48.9 Å². The van der Waals surface area contributed by atoms with Gasteiger partial charge in [-0.15, -0.1) is 0 Å². The van der Waals surface area contributed by atoms with Crippen LogP contribution in [0.2, 0.25) is 0 Å². The third-order valence-corrected chi connectivity index (χ3v) is 4.70. The molecule has 1 unspecified atom stereocenters. The average molecular weight is 311 g/mol. The van der Waals surface area contributed by atoms with Crippen LogP contribution in [0.25, 0.3) is 0 Å². The van der Waals surface area contributed by atoms with Gasteiger partial charge in [0, 0.05) is 6.54 Å². The van der Waals surface area contributed by atoms with Crippen LogP contribution < -0.4 is 14.8 Å². The summed E-state index contributed by atoms with van der Waals surface area (Å²) in [4.78, 5) is 0. The van der Waals surface area contributed by atoms with Crippen LogP contribution in [0.3, 0.4) is 0 Å².